The van der Waals surface area contributed by atoms with Gasteiger partial charge in [0.2, 0.25) is 0 Å². The number of halogens is 1. The number of hydrogen-bond acceptors (Lipinski definition) is 1. The van der Waals surface area contributed by atoms with E-state index in [1.54, 1.807) is 0 Å². The minimum Gasteiger partial charge on any atom is -0.422 e. The summed E-state index contributed by atoms with van der Waals surface area (Å²) in [5.74, 6) is 0. The molecule has 0 radical (unpaired) electrons. The maximum Gasteiger partial charge on any atom is 0.146 e. The second kappa shape index (κ2) is 6.85. The molecule has 0 N–H and O–H groups in total. The number of hydrogen-bond donors (Lipinski definition) is 0. The Morgan fingerprint density at radius 1 is 1.31 bits per heavy atom. The van der Waals surface area contributed by atoms with Crippen LogP contribution in [-0.4, -0.2) is 21.5 Å². The summed E-state index contributed by atoms with van der Waals surface area (Å²) in [5, 5.41) is 0.168. The van der Waals surface area contributed by atoms with Crippen LogP contribution in [0.1, 0.15) is 52.9 Å². The Morgan fingerprint density at radius 2 is 1.92 bits per heavy atom. The minimum atomic E-state index is -0.125. The first-order valence-electron chi connectivity index (χ1n) is 5.23. The van der Waals surface area contributed by atoms with Crippen molar-refractivity contribution in [1.29, 1.82) is 0 Å². The number of alkyl halides is 1. The molecule has 0 bridgehead atoms. The first kappa shape index (κ1) is 13.5. The maximum atomic E-state index is 6.25. The van der Waals surface area contributed by atoms with E-state index in [0.29, 0.717) is 0 Å². The van der Waals surface area contributed by atoms with Gasteiger partial charge < -0.3 is 4.43 Å². The smallest absolute Gasteiger partial charge is 0.146 e. The second-order valence-corrected chi connectivity index (χ2v) is 5.06. The van der Waals surface area contributed by atoms with Gasteiger partial charge in [-0.15, -0.1) is 11.6 Å². The molecule has 80 valence electrons. The Morgan fingerprint density at radius 3 is 2.38 bits per heavy atom. The molecule has 0 heterocycles. The minimum absolute atomic E-state index is 0.125. The van der Waals surface area contributed by atoms with Gasteiger partial charge in [0.15, 0.2) is 0 Å². The third-order valence-electron chi connectivity index (χ3n) is 2.59. The highest BCUT2D eigenvalue weighted by atomic mass is 35.5. The van der Waals surface area contributed by atoms with Crippen molar-refractivity contribution in [2.24, 2.45) is 0 Å². The molecule has 0 spiro atoms. The molecule has 0 amide bonds. The van der Waals surface area contributed by atoms with Crippen molar-refractivity contribution in [2.75, 3.05) is 0 Å². The van der Waals surface area contributed by atoms with E-state index < -0.39 is 0 Å². The van der Waals surface area contributed by atoms with Gasteiger partial charge in [-0.3, -0.25) is 0 Å². The van der Waals surface area contributed by atoms with Gasteiger partial charge in [0.1, 0.15) is 10.5 Å². The zero-order chi connectivity index (χ0) is 10.3. The van der Waals surface area contributed by atoms with Gasteiger partial charge in [-0.05, 0) is 20.3 Å². The van der Waals surface area contributed by atoms with E-state index >= 15 is 0 Å². The van der Waals surface area contributed by atoms with E-state index in [9.17, 15) is 0 Å². The fourth-order valence-electron chi connectivity index (χ4n) is 1.23. The summed E-state index contributed by atoms with van der Waals surface area (Å²) in [6.07, 6.45) is 6.23. The molecule has 0 aromatic rings. The summed E-state index contributed by atoms with van der Waals surface area (Å²) in [6.45, 7) is 6.39. The molecule has 0 aromatic carbocycles. The van der Waals surface area contributed by atoms with E-state index in [2.05, 4.69) is 20.8 Å². The summed E-state index contributed by atoms with van der Waals surface area (Å²) < 4.78 is 5.46. The van der Waals surface area contributed by atoms with Gasteiger partial charge in [-0.2, -0.15) is 0 Å². The molecule has 0 aliphatic carbocycles. The number of unbranched alkanes of at least 4 members (excludes halogenated alkanes) is 3. The molecule has 1 unspecified atom stereocenters. The largest absolute Gasteiger partial charge is 0.422 e. The van der Waals surface area contributed by atoms with E-state index in [1.165, 1.54) is 25.7 Å². The third kappa shape index (κ3) is 5.71. The Balaban J connectivity index is 3.55. The van der Waals surface area contributed by atoms with E-state index in [1.807, 2.05) is 0 Å². The Hall–Kier alpha value is 0.467. The van der Waals surface area contributed by atoms with E-state index in [0.717, 1.165) is 16.9 Å². The first-order valence-corrected chi connectivity index (χ1v) is 6.49. The normalized spacial score (nSPS) is 14.8. The fraction of sp³-hybridized carbons (Fsp3) is 1.00. The lowest BCUT2D eigenvalue weighted by atomic mass is 9.99. The van der Waals surface area contributed by atoms with Crippen molar-refractivity contribution in [3.8, 4) is 0 Å². The van der Waals surface area contributed by atoms with Gasteiger partial charge in [0.25, 0.3) is 0 Å². The van der Waals surface area contributed by atoms with Gasteiger partial charge in [-0.1, -0.05) is 32.6 Å². The van der Waals surface area contributed by atoms with Crippen LogP contribution in [0.3, 0.4) is 0 Å². The molecule has 0 aliphatic heterocycles. The highest BCUT2D eigenvalue weighted by molar-refractivity contribution is 6.21. The second-order valence-electron chi connectivity index (χ2n) is 4.12. The Bertz CT molecular complexity index is 128. The third-order valence-corrected chi connectivity index (χ3v) is 4.39. The molecule has 13 heavy (non-hydrogen) atoms. The summed E-state index contributed by atoms with van der Waals surface area (Å²) in [7, 11) is 0.771. The molecule has 0 aliphatic rings. The summed E-state index contributed by atoms with van der Waals surface area (Å²) in [5.41, 5.74) is -0.125. The molecule has 0 saturated heterocycles. The lowest BCUT2D eigenvalue weighted by Gasteiger charge is -2.29. The molecule has 0 aromatic heterocycles. The van der Waals surface area contributed by atoms with Crippen LogP contribution < -0.4 is 0 Å². The van der Waals surface area contributed by atoms with Crippen molar-refractivity contribution in [3.05, 3.63) is 0 Å². The van der Waals surface area contributed by atoms with Crippen LogP contribution in [0.25, 0.3) is 0 Å². The van der Waals surface area contributed by atoms with Crippen molar-refractivity contribution in [2.45, 2.75) is 63.9 Å². The zero-order valence-electron chi connectivity index (χ0n) is 9.40. The lowest BCUT2D eigenvalue weighted by Crippen LogP contribution is -2.34. The standard InChI is InChI=1S/C10H23ClOSi/c1-4-5-6-7-8-9(11)10(2,3)12-13/h9H,4-8H2,1-3,13H3. The predicted octanol–water partition coefficient (Wildman–Crippen LogP) is 2.64. The van der Waals surface area contributed by atoms with Gasteiger partial charge >= 0.3 is 0 Å². The molecular formula is C10H23ClOSi. The van der Waals surface area contributed by atoms with Crippen LogP contribution >= 0.6 is 11.6 Å². The average Bonchev–Trinajstić information content (AvgIpc) is 2.12. The van der Waals surface area contributed by atoms with Crippen LogP contribution in [-0.2, 0) is 4.43 Å². The van der Waals surface area contributed by atoms with Crippen LogP contribution in [0, 0.1) is 0 Å². The Labute approximate surface area is 90.7 Å². The topological polar surface area (TPSA) is 9.23 Å². The van der Waals surface area contributed by atoms with E-state index in [4.69, 9.17) is 16.0 Å². The Kier molecular flexibility index (Phi) is 7.10. The molecule has 3 heteroatoms. The monoisotopic (exact) mass is 222 g/mol. The first-order chi connectivity index (χ1) is 6.04. The average molecular weight is 223 g/mol. The van der Waals surface area contributed by atoms with Gasteiger partial charge in [-0.25, -0.2) is 0 Å². The summed E-state index contributed by atoms with van der Waals surface area (Å²) in [4.78, 5) is 0. The fourth-order valence-corrected chi connectivity index (χ4v) is 1.90. The molecule has 0 rings (SSSR count). The quantitative estimate of drug-likeness (QED) is 0.366. The van der Waals surface area contributed by atoms with Crippen LogP contribution in [0.15, 0.2) is 0 Å². The van der Waals surface area contributed by atoms with Crippen molar-refractivity contribution in [3.63, 3.8) is 0 Å². The SMILES string of the molecule is CCCCCCC(Cl)C(C)(C)O[SiH3]. The number of rotatable bonds is 7. The van der Waals surface area contributed by atoms with E-state index in [-0.39, 0.29) is 11.0 Å². The highest BCUT2D eigenvalue weighted by Crippen LogP contribution is 2.24. The highest BCUT2D eigenvalue weighted by Gasteiger charge is 2.25. The van der Waals surface area contributed by atoms with Crippen LogP contribution in [0.4, 0.5) is 0 Å². The molecule has 1 nitrogen and oxygen atoms in total. The van der Waals surface area contributed by atoms with Crippen LogP contribution in [0.2, 0.25) is 0 Å². The zero-order valence-corrected chi connectivity index (χ0v) is 12.2. The van der Waals surface area contributed by atoms with Crippen LogP contribution in [0.5, 0.6) is 0 Å². The summed E-state index contributed by atoms with van der Waals surface area (Å²) in [6, 6.07) is 0. The lowest BCUT2D eigenvalue weighted by molar-refractivity contribution is 0.113. The molecular weight excluding hydrogens is 200 g/mol. The maximum absolute atomic E-state index is 6.25. The molecule has 1 atom stereocenters. The van der Waals surface area contributed by atoms with Gasteiger partial charge in [0.05, 0.1) is 11.0 Å². The molecule has 0 saturated carbocycles. The molecule has 0 fully saturated rings. The van der Waals surface area contributed by atoms with Gasteiger partial charge in [0, 0.05) is 0 Å². The predicted molar refractivity (Wildman–Crippen MR) is 63.5 cm³/mol. The summed E-state index contributed by atoms with van der Waals surface area (Å²) >= 11 is 6.25. The van der Waals surface area contributed by atoms with Crippen molar-refractivity contribution in [1.82, 2.24) is 0 Å². The van der Waals surface area contributed by atoms with Crippen molar-refractivity contribution >= 4 is 22.1 Å². The van der Waals surface area contributed by atoms with Crippen molar-refractivity contribution < 1.29 is 4.43 Å².